The summed E-state index contributed by atoms with van der Waals surface area (Å²) in [5, 5.41) is 3.47. The summed E-state index contributed by atoms with van der Waals surface area (Å²) in [6.45, 7) is 8.00. The molecular weight excluding hydrogens is 186 g/mol. The second kappa shape index (κ2) is 6.46. The number of para-hydroxylation sites is 1. The molecule has 1 N–H and O–H groups in total. The van der Waals surface area contributed by atoms with Gasteiger partial charge in [0.05, 0.1) is 6.61 Å². The van der Waals surface area contributed by atoms with Gasteiger partial charge in [-0.25, -0.2) is 0 Å². The van der Waals surface area contributed by atoms with Gasteiger partial charge in [-0.05, 0) is 26.3 Å². The van der Waals surface area contributed by atoms with Crippen LogP contribution in [0.15, 0.2) is 24.3 Å². The molecule has 0 saturated carbocycles. The lowest BCUT2D eigenvalue weighted by molar-refractivity contribution is 0.334. The van der Waals surface area contributed by atoms with Crippen molar-refractivity contribution in [3.05, 3.63) is 29.8 Å². The first-order chi connectivity index (χ1) is 7.27. The highest BCUT2D eigenvalue weighted by molar-refractivity contribution is 5.33. The lowest BCUT2D eigenvalue weighted by atomic mass is 10.2. The van der Waals surface area contributed by atoms with Crippen molar-refractivity contribution in [1.29, 1.82) is 0 Å². The molecule has 0 saturated heterocycles. The molecule has 1 atom stereocenters. The average molecular weight is 207 g/mol. The zero-order valence-corrected chi connectivity index (χ0v) is 9.92. The molecule has 2 nitrogen and oxygen atoms in total. The van der Waals surface area contributed by atoms with Crippen molar-refractivity contribution in [2.24, 2.45) is 0 Å². The van der Waals surface area contributed by atoms with E-state index < -0.39 is 0 Å². The van der Waals surface area contributed by atoms with Crippen LogP contribution in [-0.2, 0) is 6.54 Å². The van der Waals surface area contributed by atoms with Gasteiger partial charge in [-0.15, -0.1) is 0 Å². The first-order valence-electron chi connectivity index (χ1n) is 5.72. The summed E-state index contributed by atoms with van der Waals surface area (Å²) in [4.78, 5) is 0. The molecule has 0 radical (unpaired) electrons. The van der Waals surface area contributed by atoms with Gasteiger partial charge in [-0.1, -0.05) is 25.1 Å². The average Bonchev–Trinajstić information content (AvgIpc) is 2.28. The number of hydrogen-bond donors (Lipinski definition) is 1. The standard InChI is InChI=1S/C13H21NO/c1-4-11(3)14-10-12-8-6-7-9-13(12)15-5-2/h6-9,11,14H,4-5,10H2,1-3H3/t11-/m1/s1. The minimum Gasteiger partial charge on any atom is -0.494 e. The van der Waals surface area contributed by atoms with Crippen molar-refractivity contribution in [2.75, 3.05) is 6.61 Å². The van der Waals surface area contributed by atoms with Gasteiger partial charge in [0, 0.05) is 18.2 Å². The molecule has 0 fully saturated rings. The minimum atomic E-state index is 0.555. The van der Waals surface area contributed by atoms with Crippen LogP contribution in [0.2, 0.25) is 0 Å². The number of benzene rings is 1. The molecule has 0 spiro atoms. The van der Waals surface area contributed by atoms with Gasteiger partial charge in [0.15, 0.2) is 0 Å². The first kappa shape index (κ1) is 12.1. The predicted molar refractivity (Wildman–Crippen MR) is 64.2 cm³/mol. The van der Waals surface area contributed by atoms with Crippen molar-refractivity contribution >= 4 is 0 Å². The first-order valence-corrected chi connectivity index (χ1v) is 5.72. The number of ether oxygens (including phenoxy) is 1. The van der Waals surface area contributed by atoms with Gasteiger partial charge in [-0.3, -0.25) is 0 Å². The smallest absolute Gasteiger partial charge is 0.123 e. The summed E-state index contributed by atoms with van der Waals surface area (Å²) in [7, 11) is 0. The summed E-state index contributed by atoms with van der Waals surface area (Å²) >= 11 is 0. The van der Waals surface area contributed by atoms with Crippen LogP contribution in [0, 0.1) is 0 Å². The number of hydrogen-bond acceptors (Lipinski definition) is 2. The van der Waals surface area contributed by atoms with Crippen molar-refractivity contribution in [2.45, 2.75) is 39.8 Å². The number of nitrogens with one attached hydrogen (secondary N) is 1. The van der Waals surface area contributed by atoms with E-state index in [2.05, 4.69) is 31.3 Å². The minimum absolute atomic E-state index is 0.555. The van der Waals surface area contributed by atoms with Gasteiger partial charge < -0.3 is 10.1 Å². The SMILES string of the molecule is CCOc1ccccc1CN[C@H](C)CC. The van der Waals surface area contributed by atoms with Gasteiger partial charge in [0.1, 0.15) is 5.75 Å². The highest BCUT2D eigenvalue weighted by atomic mass is 16.5. The second-order valence-electron chi connectivity index (χ2n) is 3.73. The Balaban J connectivity index is 2.58. The monoisotopic (exact) mass is 207 g/mol. The normalized spacial score (nSPS) is 12.5. The molecule has 0 aliphatic heterocycles. The fourth-order valence-corrected chi connectivity index (χ4v) is 1.37. The van der Waals surface area contributed by atoms with E-state index in [1.54, 1.807) is 0 Å². The molecule has 1 rings (SSSR count). The molecule has 0 aromatic heterocycles. The maximum atomic E-state index is 5.56. The van der Waals surface area contributed by atoms with Crippen LogP contribution in [0.3, 0.4) is 0 Å². The van der Waals surface area contributed by atoms with Crippen molar-refractivity contribution in [1.82, 2.24) is 5.32 Å². The van der Waals surface area contributed by atoms with E-state index in [0.29, 0.717) is 6.04 Å². The van der Waals surface area contributed by atoms with E-state index in [-0.39, 0.29) is 0 Å². The lowest BCUT2D eigenvalue weighted by Crippen LogP contribution is -2.24. The Labute approximate surface area is 92.6 Å². The molecule has 1 aromatic carbocycles. The number of rotatable bonds is 6. The summed E-state index contributed by atoms with van der Waals surface area (Å²) in [5.74, 6) is 0.996. The zero-order valence-electron chi connectivity index (χ0n) is 9.92. The van der Waals surface area contributed by atoms with Crippen LogP contribution in [0.4, 0.5) is 0 Å². The van der Waals surface area contributed by atoms with E-state index in [4.69, 9.17) is 4.74 Å². The van der Waals surface area contributed by atoms with Crippen molar-refractivity contribution in [3.8, 4) is 5.75 Å². The Hall–Kier alpha value is -1.02. The maximum absolute atomic E-state index is 5.56. The molecule has 2 heteroatoms. The Bertz CT molecular complexity index is 286. The molecule has 15 heavy (non-hydrogen) atoms. The van der Waals surface area contributed by atoms with Crippen LogP contribution in [-0.4, -0.2) is 12.6 Å². The summed E-state index contributed by atoms with van der Waals surface area (Å²) in [6.07, 6.45) is 1.15. The van der Waals surface area contributed by atoms with Gasteiger partial charge in [-0.2, -0.15) is 0 Å². The Morgan fingerprint density at radius 1 is 1.27 bits per heavy atom. The molecule has 0 aliphatic rings. The third kappa shape index (κ3) is 3.92. The highest BCUT2D eigenvalue weighted by Crippen LogP contribution is 2.17. The quantitative estimate of drug-likeness (QED) is 0.774. The second-order valence-corrected chi connectivity index (χ2v) is 3.73. The third-order valence-electron chi connectivity index (χ3n) is 2.53. The van der Waals surface area contributed by atoms with Gasteiger partial charge in [0.2, 0.25) is 0 Å². The summed E-state index contributed by atoms with van der Waals surface area (Å²) in [5.41, 5.74) is 1.24. The Morgan fingerprint density at radius 3 is 2.67 bits per heavy atom. The fourth-order valence-electron chi connectivity index (χ4n) is 1.37. The predicted octanol–water partition coefficient (Wildman–Crippen LogP) is 2.97. The van der Waals surface area contributed by atoms with Crippen LogP contribution in [0.25, 0.3) is 0 Å². The molecule has 0 unspecified atom stereocenters. The van der Waals surface area contributed by atoms with E-state index in [1.807, 2.05) is 19.1 Å². The van der Waals surface area contributed by atoms with E-state index >= 15 is 0 Å². The van der Waals surface area contributed by atoms with Crippen LogP contribution < -0.4 is 10.1 Å². The highest BCUT2D eigenvalue weighted by Gasteiger charge is 2.03. The van der Waals surface area contributed by atoms with E-state index in [1.165, 1.54) is 5.56 Å². The Kier molecular flexibility index (Phi) is 5.19. The zero-order chi connectivity index (χ0) is 11.1. The topological polar surface area (TPSA) is 21.3 Å². The third-order valence-corrected chi connectivity index (χ3v) is 2.53. The summed E-state index contributed by atoms with van der Waals surface area (Å²) < 4.78 is 5.56. The van der Waals surface area contributed by atoms with E-state index in [0.717, 1.165) is 25.3 Å². The molecule has 0 bridgehead atoms. The van der Waals surface area contributed by atoms with Gasteiger partial charge in [0.25, 0.3) is 0 Å². The van der Waals surface area contributed by atoms with Crippen LogP contribution in [0.1, 0.15) is 32.8 Å². The van der Waals surface area contributed by atoms with Crippen molar-refractivity contribution < 1.29 is 4.74 Å². The molecule has 0 aliphatic carbocycles. The fraction of sp³-hybridized carbons (Fsp3) is 0.538. The van der Waals surface area contributed by atoms with Crippen LogP contribution >= 0.6 is 0 Å². The van der Waals surface area contributed by atoms with Crippen molar-refractivity contribution in [3.63, 3.8) is 0 Å². The molecule has 84 valence electrons. The summed E-state index contributed by atoms with van der Waals surface area (Å²) in [6, 6.07) is 8.76. The molecule has 0 amide bonds. The molecule has 0 heterocycles. The Morgan fingerprint density at radius 2 is 2.00 bits per heavy atom. The molecule has 1 aromatic rings. The van der Waals surface area contributed by atoms with Crippen LogP contribution in [0.5, 0.6) is 5.75 Å². The lowest BCUT2D eigenvalue weighted by Gasteiger charge is -2.14. The maximum Gasteiger partial charge on any atom is 0.123 e. The largest absolute Gasteiger partial charge is 0.494 e. The van der Waals surface area contributed by atoms with Gasteiger partial charge >= 0.3 is 0 Å². The molecular formula is C13H21NO. The van der Waals surface area contributed by atoms with E-state index in [9.17, 15) is 0 Å².